The van der Waals surface area contributed by atoms with Crippen molar-refractivity contribution >= 4 is 23.9 Å². The fraction of sp³-hybridized carbons (Fsp3) is 0.455. The summed E-state index contributed by atoms with van der Waals surface area (Å²) in [7, 11) is 0. The highest BCUT2D eigenvalue weighted by molar-refractivity contribution is 6.32. The molecule has 1 aliphatic rings. The fourth-order valence-corrected chi connectivity index (χ4v) is 1.41. The van der Waals surface area contributed by atoms with Crippen molar-refractivity contribution in [2.24, 2.45) is 0 Å². The molecule has 0 aromatic carbocycles. The molecule has 1 aliphatic heterocycles. The third-order valence-corrected chi connectivity index (χ3v) is 2.27. The second kappa shape index (κ2) is 5.38. The van der Waals surface area contributed by atoms with Crippen molar-refractivity contribution in [3.63, 3.8) is 0 Å². The Kier molecular flexibility index (Phi) is 4.14. The number of Topliss-reactive ketones (excluding diaryl/α,β-unsaturated/α-hetero) is 1. The van der Waals surface area contributed by atoms with Crippen LogP contribution in [0, 0.1) is 0 Å². The van der Waals surface area contributed by atoms with Crippen molar-refractivity contribution in [2.45, 2.75) is 32.7 Å². The van der Waals surface area contributed by atoms with Gasteiger partial charge in [-0.25, -0.2) is 4.79 Å². The molecule has 6 heteroatoms. The topological polar surface area (TPSA) is 89.5 Å². The summed E-state index contributed by atoms with van der Waals surface area (Å²) in [6.07, 6.45) is 0.678. The minimum atomic E-state index is -0.886. The van der Waals surface area contributed by atoms with E-state index in [0.29, 0.717) is 12.0 Å². The fourth-order valence-electron chi connectivity index (χ4n) is 1.41. The molecular weight excluding hydrogens is 226 g/mol. The van der Waals surface area contributed by atoms with E-state index in [-0.39, 0.29) is 24.4 Å². The lowest BCUT2D eigenvalue weighted by atomic mass is 10.2. The van der Waals surface area contributed by atoms with Crippen molar-refractivity contribution in [1.29, 1.82) is 0 Å². The lowest BCUT2D eigenvalue weighted by Crippen LogP contribution is -2.35. The van der Waals surface area contributed by atoms with Gasteiger partial charge in [0, 0.05) is 6.42 Å². The van der Waals surface area contributed by atoms with Crippen molar-refractivity contribution in [3.8, 4) is 0 Å². The zero-order valence-corrected chi connectivity index (χ0v) is 9.61. The molecule has 6 nitrogen and oxygen atoms in total. The van der Waals surface area contributed by atoms with Crippen LogP contribution in [-0.2, 0) is 23.9 Å². The number of rotatable bonds is 4. The average molecular weight is 239 g/mol. The van der Waals surface area contributed by atoms with E-state index in [2.05, 4.69) is 5.32 Å². The van der Waals surface area contributed by atoms with Crippen LogP contribution >= 0.6 is 0 Å². The summed E-state index contributed by atoms with van der Waals surface area (Å²) in [6, 6.07) is -0.740. The van der Waals surface area contributed by atoms with Gasteiger partial charge in [-0.05, 0) is 25.8 Å². The Morgan fingerprint density at radius 2 is 2.06 bits per heavy atom. The Morgan fingerprint density at radius 3 is 2.47 bits per heavy atom. The number of ketones is 1. The molecule has 0 radical (unpaired) electrons. The summed E-state index contributed by atoms with van der Waals surface area (Å²) in [5, 5.41) is 2.42. The maximum absolute atomic E-state index is 11.6. The number of hydrogen-bond acceptors (Lipinski definition) is 5. The quantitative estimate of drug-likeness (QED) is 0.243. The Bertz CT molecular complexity index is 406. The predicted molar refractivity (Wildman–Crippen MR) is 56.7 cm³/mol. The van der Waals surface area contributed by atoms with E-state index in [0.717, 1.165) is 0 Å². The van der Waals surface area contributed by atoms with Crippen LogP contribution in [0.15, 0.2) is 11.3 Å². The van der Waals surface area contributed by atoms with E-state index in [4.69, 9.17) is 4.74 Å². The first-order valence-corrected chi connectivity index (χ1v) is 5.13. The summed E-state index contributed by atoms with van der Waals surface area (Å²) in [6.45, 7) is 3.11. The molecule has 0 aromatic rings. The monoisotopic (exact) mass is 239 g/mol. The first-order valence-electron chi connectivity index (χ1n) is 5.13. The van der Waals surface area contributed by atoms with Crippen LogP contribution in [0.4, 0.5) is 0 Å². The molecule has 1 heterocycles. The van der Waals surface area contributed by atoms with Gasteiger partial charge < -0.3 is 10.1 Å². The number of esters is 1. The minimum Gasteiger partial charge on any atom is -0.421 e. The number of hydrogen-bond donors (Lipinski definition) is 1. The lowest BCUT2D eigenvalue weighted by Gasteiger charge is -2.11. The van der Waals surface area contributed by atoms with Gasteiger partial charge in [0.25, 0.3) is 5.78 Å². The van der Waals surface area contributed by atoms with Crippen LogP contribution in [0.2, 0.25) is 0 Å². The molecule has 1 N–H and O–H groups in total. The SMILES string of the molecule is CC(C)=C(OC(=O)[C@@H]1CCC(=O)N1)C(=O)C=O. The highest BCUT2D eigenvalue weighted by atomic mass is 16.5. The molecule has 1 fully saturated rings. The highest BCUT2D eigenvalue weighted by Gasteiger charge is 2.30. The van der Waals surface area contributed by atoms with Crippen LogP contribution in [-0.4, -0.2) is 30.0 Å². The summed E-state index contributed by atoms with van der Waals surface area (Å²) in [4.78, 5) is 44.0. The Hall–Kier alpha value is -1.98. The third-order valence-electron chi connectivity index (χ3n) is 2.27. The molecule has 1 rings (SSSR count). The highest BCUT2D eigenvalue weighted by Crippen LogP contribution is 2.13. The van der Waals surface area contributed by atoms with Gasteiger partial charge in [0.05, 0.1) is 0 Å². The smallest absolute Gasteiger partial charge is 0.334 e. The molecule has 0 unspecified atom stereocenters. The first kappa shape index (κ1) is 13.1. The van der Waals surface area contributed by atoms with Crippen molar-refractivity contribution in [2.75, 3.05) is 0 Å². The third kappa shape index (κ3) is 3.24. The summed E-state index contributed by atoms with van der Waals surface area (Å²) < 4.78 is 4.84. The Balaban J connectivity index is 2.72. The van der Waals surface area contributed by atoms with E-state index in [9.17, 15) is 19.2 Å². The maximum Gasteiger partial charge on any atom is 0.334 e. The molecule has 0 saturated carbocycles. The molecule has 1 amide bonds. The molecule has 0 bridgehead atoms. The van der Waals surface area contributed by atoms with Crippen LogP contribution in [0.3, 0.4) is 0 Å². The zero-order valence-electron chi connectivity index (χ0n) is 9.61. The molecule has 92 valence electrons. The molecule has 0 aliphatic carbocycles. The first-order chi connectivity index (χ1) is 7.95. The standard InChI is InChI=1S/C11H13NO5/c1-6(2)10(8(14)5-13)17-11(16)7-3-4-9(15)12-7/h5,7H,3-4H2,1-2H3,(H,12,15)/t7-/m0/s1. The van der Waals surface area contributed by atoms with Crippen LogP contribution in [0.1, 0.15) is 26.7 Å². The molecule has 0 spiro atoms. The minimum absolute atomic E-state index is 0.0862. The van der Waals surface area contributed by atoms with Gasteiger partial charge in [0.1, 0.15) is 6.04 Å². The number of allylic oxidation sites excluding steroid dienone is 2. The maximum atomic E-state index is 11.6. The van der Waals surface area contributed by atoms with Gasteiger partial charge in [-0.1, -0.05) is 0 Å². The van der Waals surface area contributed by atoms with Crippen molar-refractivity contribution in [3.05, 3.63) is 11.3 Å². The van der Waals surface area contributed by atoms with Gasteiger partial charge in [-0.15, -0.1) is 0 Å². The summed E-state index contributed by atoms with van der Waals surface area (Å²) >= 11 is 0. The van der Waals surface area contributed by atoms with Gasteiger partial charge >= 0.3 is 5.97 Å². The molecule has 17 heavy (non-hydrogen) atoms. The molecule has 1 saturated heterocycles. The van der Waals surface area contributed by atoms with Crippen LogP contribution in [0.5, 0.6) is 0 Å². The van der Waals surface area contributed by atoms with Gasteiger partial charge in [0.15, 0.2) is 12.0 Å². The number of nitrogens with one attached hydrogen (secondary N) is 1. The number of aldehydes is 1. The van der Waals surface area contributed by atoms with E-state index in [1.54, 1.807) is 13.8 Å². The van der Waals surface area contributed by atoms with Crippen LogP contribution in [0.25, 0.3) is 0 Å². The van der Waals surface area contributed by atoms with E-state index >= 15 is 0 Å². The largest absolute Gasteiger partial charge is 0.421 e. The molecule has 0 aromatic heterocycles. The zero-order chi connectivity index (χ0) is 13.0. The van der Waals surface area contributed by atoms with Gasteiger partial charge in [-0.3, -0.25) is 14.4 Å². The number of ether oxygens (including phenoxy) is 1. The second-order valence-corrected chi connectivity index (χ2v) is 3.89. The normalized spacial score (nSPS) is 18.2. The molecule has 1 atom stereocenters. The van der Waals surface area contributed by atoms with Crippen molar-refractivity contribution < 1.29 is 23.9 Å². The second-order valence-electron chi connectivity index (χ2n) is 3.89. The van der Waals surface area contributed by atoms with E-state index in [1.807, 2.05) is 0 Å². The lowest BCUT2D eigenvalue weighted by molar-refractivity contribution is -0.145. The van der Waals surface area contributed by atoms with E-state index < -0.39 is 17.8 Å². The number of carbonyl (C=O) groups excluding carboxylic acids is 4. The Morgan fingerprint density at radius 1 is 1.41 bits per heavy atom. The number of amides is 1. The molecular formula is C11H13NO5. The summed E-state index contributed by atoms with van der Waals surface area (Å²) in [5.41, 5.74) is 0.430. The van der Waals surface area contributed by atoms with Gasteiger partial charge in [0.2, 0.25) is 5.91 Å². The predicted octanol–water partition coefficient (Wildman–Crippen LogP) is -0.130. The van der Waals surface area contributed by atoms with Crippen LogP contribution < -0.4 is 5.32 Å². The van der Waals surface area contributed by atoms with Crippen molar-refractivity contribution in [1.82, 2.24) is 5.32 Å². The number of carbonyl (C=O) groups is 4. The Labute approximate surface area is 98.0 Å². The average Bonchev–Trinajstić information content (AvgIpc) is 2.71. The van der Waals surface area contributed by atoms with Gasteiger partial charge in [-0.2, -0.15) is 0 Å². The summed E-state index contributed by atoms with van der Waals surface area (Å²) in [5.74, 6) is -2.11. The van der Waals surface area contributed by atoms with E-state index in [1.165, 1.54) is 0 Å².